The van der Waals surface area contributed by atoms with Crippen molar-refractivity contribution in [2.45, 2.75) is 27.3 Å². The van der Waals surface area contributed by atoms with Gasteiger partial charge in [-0.2, -0.15) is 4.57 Å². The lowest BCUT2D eigenvalue weighted by Crippen LogP contribution is -2.34. The number of allylic oxidation sites excluding steroid dienone is 4. The first-order valence-electron chi connectivity index (χ1n) is 8.24. The molecule has 0 aliphatic heterocycles. The lowest BCUT2D eigenvalue weighted by Gasteiger charge is -2.04. The maximum Gasteiger partial charge on any atom is 0.259 e. The number of furan rings is 1. The maximum atomic E-state index is 6.34. The Balaban J connectivity index is 2.45. The zero-order chi connectivity index (χ0) is 16.6. The summed E-state index contributed by atoms with van der Waals surface area (Å²) in [5, 5.41) is 2.66. The Kier molecular flexibility index (Phi) is 4.22. The van der Waals surface area contributed by atoms with Gasteiger partial charge < -0.3 is 4.42 Å². The van der Waals surface area contributed by atoms with Gasteiger partial charge in [-0.15, -0.1) is 0 Å². The lowest BCUT2D eigenvalue weighted by atomic mass is 9.99. The van der Waals surface area contributed by atoms with Gasteiger partial charge in [-0.1, -0.05) is 36.9 Å². The Morgan fingerprint density at radius 1 is 1.26 bits per heavy atom. The van der Waals surface area contributed by atoms with Crippen molar-refractivity contribution in [1.29, 1.82) is 0 Å². The molecule has 0 aliphatic rings. The van der Waals surface area contributed by atoms with E-state index < -0.39 is 0 Å². The quantitative estimate of drug-likeness (QED) is 0.409. The van der Waals surface area contributed by atoms with Gasteiger partial charge in [-0.3, -0.25) is 0 Å². The summed E-state index contributed by atoms with van der Waals surface area (Å²) in [4.78, 5) is 0. The molecule has 2 aromatic heterocycles. The summed E-state index contributed by atoms with van der Waals surface area (Å²) in [6.07, 6.45) is 8.62. The Hall–Kier alpha value is -2.13. The van der Waals surface area contributed by atoms with Crippen LogP contribution in [0.5, 0.6) is 0 Å². The Bertz CT molecular complexity index is 947. The predicted molar refractivity (Wildman–Crippen MR) is 102 cm³/mol. The van der Waals surface area contributed by atoms with Crippen LogP contribution in [-0.4, -0.2) is 9.52 Å². The number of hydrogen-bond acceptors (Lipinski definition) is 1. The fourth-order valence-corrected chi connectivity index (χ4v) is 4.12. The molecule has 0 amide bonds. The van der Waals surface area contributed by atoms with Crippen molar-refractivity contribution in [2.24, 2.45) is 7.05 Å². The molecule has 0 fully saturated rings. The van der Waals surface area contributed by atoms with Crippen LogP contribution in [0.15, 0.2) is 47.0 Å². The van der Waals surface area contributed by atoms with Crippen molar-refractivity contribution in [3.05, 3.63) is 53.8 Å². The minimum Gasteiger partial charge on any atom is -0.449 e. The summed E-state index contributed by atoms with van der Waals surface area (Å²) in [7, 11) is 1.92. The van der Waals surface area contributed by atoms with E-state index in [-0.39, 0.29) is 9.52 Å². The molecule has 0 unspecified atom stereocenters. The number of pyridine rings is 1. The van der Waals surface area contributed by atoms with Gasteiger partial charge in [0.1, 0.15) is 12.6 Å². The van der Waals surface area contributed by atoms with Crippen LogP contribution in [0.25, 0.3) is 27.6 Å². The van der Waals surface area contributed by atoms with Crippen LogP contribution < -0.4 is 9.75 Å². The first-order chi connectivity index (χ1) is 11.1. The van der Waals surface area contributed by atoms with E-state index in [4.69, 9.17) is 4.42 Å². The van der Waals surface area contributed by atoms with E-state index in [2.05, 4.69) is 74.6 Å². The number of fused-ring (bicyclic) bond motifs is 3. The zero-order valence-corrected chi connectivity index (χ0v) is 16.0. The van der Waals surface area contributed by atoms with Gasteiger partial charge in [0.2, 0.25) is 0 Å². The van der Waals surface area contributed by atoms with Crippen molar-refractivity contribution >= 4 is 42.3 Å². The van der Waals surface area contributed by atoms with E-state index in [0.29, 0.717) is 0 Å². The van der Waals surface area contributed by atoms with Crippen LogP contribution in [-0.2, 0) is 7.05 Å². The van der Waals surface area contributed by atoms with Crippen LogP contribution >= 0.6 is 0 Å². The van der Waals surface area contributed by atoms with Crippen LogP contribution in [0.3, 0.4) is 0 Å². The molecular weight excluding hydrogens is 298 g/mol. The van der Waals surface area contributed by atoms with Crippen LogP contribution in [0.4, 0.5) is 0 Å². The van der Waals surface area contributed by atoms with E-state index in [0.717, 1.165) is 16.7 Å². The van der Waals surface area contributed by atoms with Crippen LogP contribution in [0.2, 0.25) is 6.55 Å². The molecule has 3 rings (SSSR count). The molecule has 0 radical (unpaired) electrons. The molecule has 0 N–H and O–H groups in total. The second kappa shape index (κ2) is 6.17. The second-order valence-electron chi connectivity index (χ2n) is 6.01. The summed E-state index contributed by atoms with van der Waals surface area (Å²) >= 11 is 0. The highest BCUT2D eigenvalue weighted by Crippen LogP contribution is 2.34. The number of nitrogens with zero attached hydrogens (tertiary/aromatic N) is 1. The van der Waals surface area contributed by atoms with Gasteiger partial charge in [0.05, 0.1) is 14.9 Å². The molecule has 0 spiro atoms. The summed E-state index contributed by atoms with van der Waals surface area (Å²) < 4.78 is 8.57. The fraction of sp³-hybridized carbons (Fsp3) is 0.250. The van der Waals surface area contributed by atoms with Crippen molar-refractivity contribution in [3.8, 4) is 0 Å². The summed E-state index contributed by atoms with van der Waals surface area (Å²) in [6.45, 7) is 8.59. The van der Waals surface area contributed by atoms with Gasteiger partial charge in [0.25, 0.3) is 5.52 Å². The highest BCUT2D eigenvalue weighted by atomic mass is 28.2. The van der Waals surface area contributed by atoms with E-state index in [1.54, 1.807) is 0 Å². The molecule has 23 heavy (non-hydrogen) atoms. The molecule has 0 atom stereocenters. The number of rotatable bonds is 3. The second-order valence-corrected chi connectivity index (χ2v) is 7.53. The standard InChI is InChI=1S/C20H24NOSi/c1-6-8-14(7-2)16-10-9-13(3)18-19-17(22-20(16)18)11-15(23-5)12-21(19)4/h6-12H,23H2,1-5H3/q+1. The third-order valence-electron chi connectivity index (χ3n) is 4.45. The number of aryl methyl sites for hydroxylation is 2. The molecule has 2 nitrogen and oxygen atoms in total. The smallest absolute Gasteiger partial charge is 0.259 e. The Labute approximate surface area is 139 Å². The SMILES string of the molecule is CC=CC(=CC)c1ccc(C)c2c1oc1cc([SiH2]C)c[n+](C)c12. The average molecular weight is 323 g/mol. The first kappa shape index (κ1) is 15.8. The van der Waals surface area contributed by atoms with Gasteiger partial charge in [-0.05, 0) is 43.2 Å². The fourth-order valence-electron chi connectivity index (χ4n) is 3.27. The average Bonchev–Trinajstić information content (AvgIpc) is 2.94. The van der Waals surface area contributed by atoms with Crippen molar-refractivity contribution in [3.63, 3.8) is 0 Å². The summed E-state index contributed by atoms with van der Waals surface area (Å²) in [5.41, 5.74) is 6.82. The molecule has 0 saturated carbocycles. The minimum absolute atomic E-state index is 0.205. The van der Waals surface area contributed by atoms with Gasteiger partial charge >= 0.3 is 0 Å². The number of benzene rings is 1. The molecule has 3 aromatic rings. The van der Waals surface area contributed by atoms with Gasteiger partial charge in [0.15, 0.2) is 11.8 Å². The summed E-state index contributed by atoms with van der Waals surface area (Å²) in [5.74, 6) is 0. The van der Waals surface area contributed by atoms with Crippen molar-refractivity contribution in [1.82, 2.24) is 0 Å². The third kappa shape index (κ3) is 2.55. The highest BCUT2D eigenvalue weighted by Gasteiger charge is 2.21. The summed E-state index contributed by atoms with van der Waals surface area (Å²) in [6, 6.07) is 6.60. The number of aromatic nitrogens is 1. The topological polar surface area (TPSA) is 17.0 Å². The van der Waals surface area contributed by atoms with E-state index in [1.807, 2.05) is 6.92 Å². The van der Waals surface area contributed by atoms with Crippen LogP contribution in [0, 0.1) is 6.92 Å². The molecule has 1 aromatic carbocycles. The van der Waals surface area contributed by atoms with Crippen LogP contribution in [0.1, 0.15) is 25.0 Å². The van der Waals surface area contributed by atoms with Gasteiger partial charge in [-0.25, -0.2) is 0 Å². The molecule has 118 valence electrons. The molecule has 0 bridgehead atoms. The van der Waals surface area contributed by atoms with Crippen molar-refractivity contribution in [2.75, 3.05) is 0 Å². The molecule has 3 heteroatoms. The normalized spacial score (nSPS) is 13.3. The van der Waals surface area contributed by atoms with E-state index >= 15 is 0 Å². The molecule has 0 aliphatic carbocycles. The largest absolute Gasteiger partial charge is 0.449 e. The first-order valence-corrected chi connectivity index (χ1v) is 10.4. The number of hydrogen-bond donors (Lipinski definition) is 0. The van der Waals surface area contributed by atoms with Gasteiger partial charge in [0, 0.05) is 5.56 Å². The Morgan fingerprint density at radius 3 is 2.70 bits per heavy atom. The maximum absolute atomic E-state index is 6.34. The molecular formula is C20H24NOSi+. The monoisotopic (exact) mass is 322 g/mol. The van der Waals surface area contributed by atoms with E-state index in [1.165, 1.54) is 27.2 Å². The van der Waals surface area contributed by atoms with E-state index in [9.17, 15) is 0 Å². The lowest BCUT2D eigenvalue weighted by molar-refractivity contribution is -0.643. The zero-order valence-electron chi connectivity index (χ0n) is 14.6. The molecule has 0 saturated heterocycles. The minimum atomic E-state index is -0.205. The highest BCUT2D eigenvalue weighted by molar-refractivity contribution is 6.52. The van der Waals surface area contributed by atoms with Crippen molar-refractivity contribution < 1.29 is 8.98 Å². The molecule has 2 heterocycles. The predicted octanol–water partition coefficient (Wildman–Crippen LogP) is 3.54. The third-order valence-corrected chi connectivity index (χ3v) is 5.66. The Morgan fingerprint density at radius 2 is 2.04 bits per heavy atom.